The van der Waals surface area contributed by atoms with Gasteiger partial charge in [0.1, 0.15) is 11.4 Å². The first kappa shape index (κ1) is 17.4. The summed E-state index contributed by atoms with van der Waals surface area (Å²) in [7, 11) is -1.72. The summed E-state index contributed by atoms with van der Waals surface area (Å²) in [4.78, 5) is 28.8. The van der Waals surface area contributed by atoms with Crippen molar-refractivity contribution in [3.05, 3.63) is 29.6 Å². The Morgan fingerprint density at radius 3 is 2.43 bits per heavy atom. The van der Waals surface area contributed by atoms with E-state index in [1.165, 1.54) is 29.4 Å². The maximum absolute atomic E-state index is 12.6. The summed E-state index contributed by atoms with van der Waals surface area (Å²) in [5.41, 5.74) is -0.210. The van der Waals surface area contributed by atoms with Crippen LogP contribution in [0.25, 0.3) is 0 Å². The molecule has 1 heterocycles. The lowest BCUT2D eigenvalue weighted by Gasteiger charge is -2.36. The minimum Gasteiger partial charge on any atom is -0.477 e. The molecule has 0 radical (unpaired) electrons. The smallest absolute Gasteiger partial charge is 0.354 e. The summed E-state index contributed by atoms with van der Waals surface area (Å²) in [6.07, 6.45) is 4.01. The van der Waals surface area contributed by atoms with E-state index in [1.807, 2.05) is 0 Å². The average Bonchev–Trinajstić information content (AvgIpc) is 2.52. The molecule has 0 aliphatic heterocycles. The SMILES string of the molecule is CN(C(=O)c1cccc(C(=O)O)n1)[C@@H]1CCCC[C@H]1S(C)(=O)=O. The van der Waals surface area contributed by atoms with Crippen LogP contribution in [0, 0.1) is 0 Å². The number of nitrogens with zero attached hydrogens (tertiary/aromatic N) is 2. The summed E-state index contributed by atoms with van der Waals surface area (Å²) in [6, 6.07) is 3.77. The van der Waals surface area contributed by atoms with Gasteiger partial charge in [0.2, 0.25) is 0 Å². The number of hydrogen-bond acceptors (Lipinski definition) is 5. The van der Waals surface area contributed by atoms with Gasteiger partial charge in [0.15, 0.2) is 9.84 Å². The number of carboxylic acid groups (broad SMARTS) is 1. The molecule has 126 valence electrons. The number of pyridine rings is 1. The minimum atomic E-state index is -3.27. The third-order valence-electron chi connectivity index (χ3n) is 4.22. The summed E-state index contributed by atoms with van der Waals surface area (Å²) in [5, 5.41) is 8.37. The van der Waals surface area contributed by atoms with Crippen LogP contribution in [-0.2, 0) is 9.84 Å². The predicted octanol–water partition coefficient (Wildman–Crippen LogP) is 1.21. The van der Waals surface area contributed by atoms with E-state index in [9.17, 15) is 18.0 Å². The van der Waals surface area contributed by atoms with Crippen molar-refractivity contribution in [2.75, 3.05) is 13.3 Å². The second kappa shape index (κ2) is 6.66. The van der Waals surface area contributed by atoms with E-state index in [0.29, 0.717) is 12.8 Å². The van der Waals surface area contributed by atoms with Gasteiger partial charge >= 0.3 is 5.97 Å². The van der Waals surface area contributed by atoms with Crippen LogP contribution in [0.5, 0.6) is 0 Å². The first-order chi connectivity index (χ1) is 10.7. The number of carbonyl (C=O) groups is 2. The lowest BCUT2D eigenvalue weighted by atomic mass is 9.93. The van der Waals surface area contributed by atoms with Crippen LogP contribution in [0.3, 0.4) is 0 Å². The Balaban J connectivity index is 2.27. The molecule has 2 rings (SSSR count). The van der Waals surface area contributed by atoms with E-state index >= 15 is 0 Å². The molecule has 2 atom stereocenters. The number of aromatic carboxylic acids is 1. The van der Waals surface area contributed by atoms with E-state index in [0.717, 1.165) is 12.8 Å². The first-order valence-corrected chi connectivity index (χ1v) is 9.33. The lowest BCUT2D eigenvalue weighted by molar-refractivity contribution is 0.0685. The molecule has 0 unspecified atom stereocenters. The quantitative estimate of drug-likeness (QED) is 0.883. The summed E-state index contributed by atoms with van der Waals surface area (Å²) < 4.78 is 23.9. The van der Waals surface area contributed by atoms with E-state index < -0.39 is 33.0 Å². The third-order valence-corrected chi connectivity index (χ3v) is 5.87. The van der Waals surface area contributed by atoms with Gasteiger partial charge in [-0.05, 0) is 25.0 Å². The molecule has 0 bridgehead atoms. The van der Waals surface area contributed by atoms with Crippen LogP contribution in [0.4, 0.5) is 0 Å². The molecule has 1 aromatic rings. The standard InChI is InChI=1S/C15H20N2O5S/c1-17(12-8-3-4-9-13(12)23(2,21)22)14(18)10-6-5-7-11(16-10)15(19)20/h5-7,12-13H,3-4,8-9H2,1-2H3,(H,19,20)/t12-,13-/m1/s1. The van der Waals surface area contributed by atoms with Crippen LogP contribution in [0.1, 0.15) is 46.7 Å². The van der Waals surface area contributed by atoms with Gasteiger partial charge < -0.3 is 10.0 Å². The van der Waals surface area contributed by atoms with E-state index in [4.69, 9.17) is 5.11 Å². The van der Waals surface area contributed by atoms with Crippen LogP contribution in [0.15, 0.2) is 18.2 Å². The fraction of sp³-hybridized carbons (Fsp3) is 0.533. The van der Waals surface area contributed by atoms with E-state index in [-0.39, 0.29) is 11.4 Å². The van der Waals surface area contributed by atoms with Crippen molar-refractivity contribution >= 4 is 21.7 Å². The Bertz CT molecular complexity index is 716. The van der Waals surface area contributed by atoms with Crippen molar-refractivity contribution in [2.45, 2.75) is 37.0 Å². The molecule has 1 fully saturated rings. The zero-order valence-corrected chi connectivity index (χ0v) is 13.9. The lowest BCUT2D eigenvalue weighted by Crippen LogP contribution is -2.49. The Morgan fingerprint density at radius 1 is 1.22 bits per heavy atom. The summed E-state index contributed by atoms with van der Waals surface area (Å²) >= 11 is 0. The highest BCUT2D eigenvalue weighted by atomic mass is 32.2. The highest BCUT2D eigenvalue weighted by Crippen LogP contribution is 2.28. The van der Waals surface area contributed by atoms with Gasteiger partial charge in [0, 0.05) is 19.3 Å². The van der Waals surface area contributed by atoms with Gasteiger partial charge in [0.25, 0.3) is 5.91 Å². The topological polar surface area (TPSA) is 105 Å². The molecular formula is C15H20N2O5S. The third kappa shape index (κ3) is 3.87. The van der Waals surface area contributed by atoms with Gasteiger partial charge in [-0.3, -0.25) is 4.79 Å². The van der Waals surface area contributed by atoms with Crippen molar-refractivity contribution in [3.63, 3.8) is 0 Å². The number of sulfone groups is 1. The zero-order chi connectivity index (χ0) is 17.2. The van der Waals surface area contributed by atoms with Crippen molar-refractivity contribution < 1.29 is 23.1 Å². The Hall–Kier alpha value is -1.96. The molecule has 1 aliphatic carbocycles. The Morgan fingerprint density at radius 2 is 1.83 bits per heavy atom. The Labute approximate surface area is 135 Å². The second-order valence-electron chi connectivity index (χ2n) is 5.85. The van der Waals surface area contributed by atoms with Crippen molar-refractivity contribution in [1.82, 2.24) is 9.88 Å². The molecule has 1 amide bonds. The number of hydrogen-bond donors (Lipinski definition) is 1. The molecule has 23 heavy (non-hydrogen) atoms. The summed E-state index contributed by atoms with van der Waals surface area (Å²) in [6.45, 7) is 0. The van der Waals surface area contributed by atoms with E-state index in [1.54, 1.807) is 7.05 Å². The van der Waals surface area contributed by atoms with Crippen molar-refractivity contribution in [2.24, 2.45) is 0 Å². The molecule has 8 heteroatoms. The van der Waals surface area contributed by atoms with Crippen LogP contribution < -0.4 is 0 Å². The van der Waals surface area contributed by atoms with Gasteiger partial charge in [-0.2, -0.15) is 0 Å². The number of rotatable bonds is 4. The monoisotopic (exact) mass is 340 g/mol. The molecule has 0 spiro atoms. The number of carboxylic acids is 1. The molecule has 0 aromatic carbocycles. The predicted molar refractivity (Wildman–Crippen MR) is 84.2 cm³/mol. The largest absolute Gasteiger partial charge is 0.477 e. The van der Waals surface area contributed by atoms with Crippen LogP contribution in [-0.4, -0.2) is 59.9 Å². The second-order valence-corrected chi connectivity index (χ2v) is 8.11. The highest BCUT2D eigenvalue weighted by molar-refractivity contribution is 7.91. The maximum Gasteiger partial charge on any atom is 0.354 e. The van der Waals surface area contributed by atoms with Crippen molar-refractivity contribution in [1.29, 1.82) is 0 Å². The number of amides is 1. The van der Waals surface area contributed by atoms with E-state index in [2.05, 4.69) is 4.98 Å². The fourth-order valence-electron chi connectivity index (χ4n) is 3.02. The molecule has 1 aromatic heterocycles. The molecule has 1 N–H and O–H groups in total. The molecule has 1 aliphatic rings. The normalized spacial score (nSPS) is 21.7. The van der Waals surface area contributed by atoms with Gasteiger partial charge in [0.05, 0.1) is 5.25 Å². The van der Waals surface area contributed by atoms with Crippen molar-refractivity contribution in [3.8, 4) is 0 Å². The molecular weight excluding hydrogens is 320 g/mol. The minimum absolute atomic E-state index is 0.00484. The fourth-order valence-corrected chi connectivity index (χ4v) is 4.51. The zero-order valence-electron chi connectivity index (χ0n) is 13.1. The number of aromatic nitrogens is 1. The number of carbonyl (C=O) groups excluding carboxylic acids is 1. The maximum atomic E-state index is 12.6. The average molecular weight is 340 g/mol. The molecule has 0 saturated heterocycles. The van der Waals surface area contributed by atoms with Gasteiger partial charge in [-0.15, -0.1) is 0 Å². The first-order valence-electron chi connectivity index (χ1n) is 7.38. The molecule has 1 saturated carbocycles. The highest BCUT2D eigenvalue weighted by Gasteiger charge is 2.37. The van der Waals surface area contributed by atoms with Crippen LogP contribution in [0.2, 0.25) is 0 Å². The van der Waals surface area contributed by atoms with Crippen LogP contribution >= 0.6 is 0 Å². The molecule has 7 nitrogen and oxygen atoms in total. The summed E-state index contributed by atoms with van der Waals surface area (Å²) in [5.74, 6) is -1.68. The Kier molecular flexibility index (Phi) is 5.03. The van der Waals surface area contributed by atoms with Gasteiger partial charge in [-0.25, -0.2) is 18.2 Å². The van der Waals surface area contributed by atoms with Gasteiger partial charge in [-0.1, -0.05) is 18.9 Å².